The molecule has 7 nitrogen and oxygen atoms in total. The summed E-state index contributed by atoms with van der Waals surface area (Å²) < 4.78 is 2.03. The van der Waals surface area contributed by atoms with Gasteiger partial charge in [0.2, 0.25) is 0 Å². The largest absolute Gasteiger partial charge is 0.337 e. The molecule has 7 heteroatoms. The van der Waals surface area contributed by atoms with Crippen molar-refractivity contribution in [3.63, 3.8) is 0 Å². The van der Waals surface area contributed by atoms with Gasteiger partial charge in [0.25, 0.3) is 5.91 Å². The molecule has 0 aliphatic carbocycles. The molecule has 1 atom stereocenters. The van der Waals surface area contributed by atoms with Crippen LogP contribution in [0.4, 0.5) is 0 Å². The first-order valence-corrected chi connectivity index (χ1v) is 8.32. The molecule has 0 bridgehead atoms. The van der Waals surface area contributed by atoms with Gasteiger partial charge >= 0.3 is 0 Å². The molecule has 3 rings (SSSR count). The molecule has 0 N–H and O–H groups in total. The number of aromatic nitrogens is 4. The van der Waals surface area contributed by atoms with Crippen LogP contribution in [0.5, 0.6) is 0 Å². The monoisotopic (exact) mass is 328 g/mol. The molecule has 1 aliphatic heterocycles. The lowest BCUT2D eigenvalue weighted by Gasteiger charge is -2.40. The predicted octanol–water partition coefficient (Wildman–Crippen LogP) is 1.35. The minimum Gasteiger partial charge on any atom is -0.337 e. The second-order valence-corrected chi connectivity index (χ2v) is 6.23. The van der Waals surface area contributed by atoms with Crippen LogP contribution in [0, 0.1) is 13.8 Å². The minimum absolute atomic E-state index is 0.0291. The highest BCUT2D eigenvalue weighted by atomic mass is 16.2. The van der Waals surface area contributed by atoms with E-state index in [1.807, 2.05) is 36.6 Å². The first kappa shape index (κ1) is 16.6. The Kier molecular flexibility index (Phi) is 4.62. The van der Waals surface area contributed by atoms with Crippen molar-refractivity contribution in [2.24, 2.45) is 7.05 Å². The van der Waals surface area contributed by atoms with E-state index in [4.69, 9.17) is 0 Å². The molecular formula is C17H24N6O. The predicted molar refractivity (Wildman–Crippen MR) is 90.6 cm³/mol. The van der Waals surface area contributed by atoms with Crippen molar-refractivity contribution in [3.8, 4) is 0 Å². The van der Waals surface area contributed by atoms with Crippen LogP contribution in [-0.2, 0) is 7.05 Å². The number of hydrogen-bond acceptors (Lipinski definition) is 5. The summed E-state index contributed by atoms with van der Waals surface area (Å²) >= 11 is 0. The molecule has 0 aromatic carbocycles. The molecule has 128 valence electrons. The van der Waals surface area contributed by atoms with Crippen molar-refractivity contribution >= 4 is 5.91 Å². The van der Waals surface area contributed by atoms with Crippen LogP contribution in [0.3, 0.4) is 0 Å². The van der Waals surface area contributed by atoms with E-state index >= 15 is 0 Å². The lowest BCUT2D eigenvalue weighted by molar-refractivity contribution is 0.0467. The summed E-state index contributed by atoms with van der Waals surface area (Å²) in [5, 5.41) is 0. The van der Waals surface area contributed by atoms with E-state index in [9.17, 15) is 4.79 Å². The molecule has 1 aliphatic rings. The molecule has 1 unspecified atom stereocenters. The van der Waals surface area contributed by atoms with Gasteiger partial charge in [-0.25, -0.2) is 15.0 Å². The van der Waals surface area contributed by atoms with Gasteiger partial charge < -0.3 is 9.47 Å². The van der Waals surface area contributed by atoms with Gasteiger partial charge in [-0.1, -0.05) is 6.92 Å². The molecule has 24 heavy (non-hydrogen) atoms. The number of hydrogen-bond donors (Lipinski definition) is 0. The maximum atomic E-state index is 12.9. The summed E-state index contributed by atoms with van der Waals surface area (Å²) in [6.07, 6.45) is 3.75. The van der Waals surface area contributed by atoms with Crippen molar-refractivity contribution in [3.05, 3.63) is 41.5 Å². The van der Waals surface area contributed by atoms with Gasteiger partial charge in [-0.05, 0) is 26.5 Å². The topological polar surface area (TPSA) is 67.2 Å². The van der Waals surface area contributed by atoms with E-state index in [1.54, 1.807) is 12.3 Å². The van der Waals surface area contributed by atoms with Crippen LogP contribution in [0.15, 0.2) is 18.5 Å². The molecule has 1 fully saturated rings. The van der Waals surface area contributed by atoms with Crippen LogP contribution in [-0.4, -0.2) is 61.4 Å². The van der Waals surface area contributed by atoms with Crippen LogP contribution in [0.1, 0.15) is 40.8 Å². The van der Waals surface area contributed by atoms with Crippen LogP contribution < -0.4 is 0 Å². The van der Waals surface area contributed by atoms with Crippen molar-refractivity contribution in [1.82, 2.24) is 29.3 Å². The first-order chi connectivity index (χ1) is 11.5. The van der Waals surface area contributed by atoms with Crippen molar-refractivity contribution in [2.45, 2.75) is 26.8 Å². The zero-order chi connectivity index (χ0) is 17.3. The summed E-state index contributed by atoms with van der Waals surface area (Å²) in [6.45, 7) is 8.95. The second-order valence-electron chi connectivity index (χ2n) is 6.23. The minimum atomic E-state index is -0.0291. The zero-order valence-corrected chi connectivity index (χ0v) is 14.7. The van der Waals surface area contributed by atoms with Crippen molar-refractivity contribution < 1.29 is 4.79 Å². The Morgan fingerprint density at radius 3 is 2.71 bits per heavy atom. The van der Waals surface area contributed by atoms with Crippen molar-refractivity contribution in [2.75, 3.05) is 26.2 Å². The molecule has 0 spiro atoms. The van der Waals surface area contributed by atoms with Crippen LogP contribution in [0.2, 0.25) is 0 Å². The molecule has 2 aromatic rings. The third-order valence-electron chi connectivity index (χ3n) is 4.53. The summed E-state index contributed by atoms with van der Waals surface area (Å²) in [6, 6.07) is 1.87. The first-order valence-electron chi connectivity index (χ1n) is 8.32. The molecule has 0 saturated carbocycles. The highest BCUT2D eigenvalue weighted by Crippen LogP contribution is 2.24. The summed E-state index contributed by atoms with van der Waals surface area (Å²) in [4.78, 5) is 30.2. The summed E-state index contributed by atoms with van der Waals surface area (Å²) in [5.74, 6) is 1.59. The Morgan fingerprint density at radius 1 is 1.29 bits per heavy atom. The lowest BCUT2D eigenvalue weighted by atomic mass is 10.1. The summed E-state index contributed by atoms with van der Waals surface area (Å²) in [5.41, 5.74) is 1.29. The highest BCUT2D eigenvalue weighted by molar-refractivity contribution is 5.92. The number of carbonyl (C=O) groups is 1. The van der Waals surface area contributed by atoms with Crippen LogP contribution in [0.25, 0.3) is 0 Å². The van der Waals surface area contributed by atoms with Gasteiger partial charge in [0.05, 0.1) is 6.04 Å². The number of imidazole rings is 1. The van der Waals surface area contributed by atoms with Crippen LogP contribution >= 0.6 is 0 Å². The summed E-state index contributed by atoms with van der Waals surface area (Å²) in [7, 11) is 1.99. The average Bonchev–Trinajstić information content (AvgIpc) is 2.98. The Bertz CT molecular complexity index is 720. The number of nitrogens with zero attached hydrogens (tertiary/aromatic N) is 6. The van der Waals surface area contributed by atoms with Gasteiger partial charge in [-0.15, -0.1) is 0 Å². The fourth-order valence-corrected chi connectivity index (χ4v) is 3.32. The Morgan fingerprint density at radius 2 is 2.08 bits per heavy atom. The average molecular weight is 328 g/mol. The fraction of sp³-hybridized carbons (Fsp3) is 0.529. The van der Waals surface area contributed by atoms with Gasteiger partial charge in [0.15, 0.2) is 0 Å². The highest BCUT2D eigenvalue weighted by Gasteiger charge is 2.32. The van der Waals surface area contributed by atoms with Gasteiger partial charge in [-0.3, -0.25) is 9.69 Å². The number of aryl methyl sites for hydroxylation is 3. The molecule has 1 saturated heterocycles. The number of amides is 1. The zero-order valence-electron chi connectivity index (χ0n) is 14.7. The van der Waals surface area contributed by atoms with E-state index in [1.165, 1.54) is 0 Å². The number of likely N-dealkylation sites (N-methyl/N-ethyl adjacent to an activating group) is 1. The molecular weight excluding hydrogens is 304 g/mol. The maximum Gasteiger partial charge on any atom is 0.272 e. The molecule has 1 amide bonds. The second kappa shape index (κ2) is 6.68. The maximum absolute atomic E-state index is 12.9. The third kappa shape index (κ3) is 3.17. The lowest BCUT2D eigenvalue weighted by Crippen LogP contribution is -2.51. The van der Waals surface area contributed by atoms with E-state index in [-0.39, 0.29) is 11.9 Å². The fourth-order valence-electron chi connectivity index (χ4n) is 3.32. The normalized spacial score (nSPS) is 18.8. The number of piperazine rings is 1. The molecule has 0 radical (unpaired) electrons. The van der Waals surface area contributed by atoms with E-state index < -0.39 is 0 Å². The quantitative estimate of drug-likeness (QED) is 0.851. The smallest absolute Gasteiger partial charge is 0.272 e. The van der Waals surface area contributed by atoms with Gasteiger partial charge in [-0.2, -0.15) is 0 Å². The van der Waals surface area contributed by atoms with Crippen molar-refractivity contribution in [1.29, 1.82) is 0 Å². The third-order valence-corrected chi connectivity index (χ3v) is 4.53. The standard InChI is InChI=1S/C17H24N6O/c1-5-22-8-9-23(11-15(22)16-18-6-7-21(16)4)17(24)14-10-12(2)19-13(3)20-14/h6-7,10,15H,5,8-9,11H2,1-4H3. The van der Waals surface area contributed by atoms with Gasteiger partial charge in [0, 0.05) is 44.8 Å². The number of rotatable bonds is 3. The molecule has 3 heterocycles. The SMILES string of the molecule is CCN1CCN(C(=O)c2cc(C)nc(C)n2)CC1c1nccn1C. The Hall–Kier alpha value is -2.28. The number of carbonyl (C=O) groups excluding carboxylic acids is 1. The van der Waals surface area contributed by atoms with E-state index in [0.29, 0.717) is 24.6 Å². The Balaban J connectivity index is 1.84. The van der Waals surface area contributed by atoms with E-state index in [2.05, 4.69) is 26.8 Å². The van der Waals surface area contributed by atoms with Gasteiger partial charge in [0.1, 0.15) is 17.3 Å². The Labute approximate surface area is 142 Å². The van der Waals surface area contributed by atoms with E-state index in [0.717, 1.165) is 24.6 Å². The molecule has 2 aromatic heterocycles.